The van der Waals surface area contributed by atoms with Crippen LogP contribution in [0.4, 0.5) is 14.5 Å². The number of piperazine rings is 1. The third-order valence-electron chi connectivity index (χ3n) is 5.07. The van der Waals surface area contributed by atoms with Gasteiger partial charge in [-0.3, -0.25) is 14.5 Å². The van der Waals surface area contributed by atoms with E-state index in [0.717, 1.165) is 38.3 Å². The smallest absolute Gasteiger partial charge is 0.254 e. The number of rotatable bonds is 7. The number of amides is 2. The van der Waals surface area contributed by atoms with Gasteiger partial charge in [-0.2, -0.15) is 0 Å². The fraction of sp³-hybridized carbons (Fsp3) is 0.364. The average Bonchev–Trinajstić information content (AvgIpc) is 2.72. The minimum Gasteiger partial charge on any atom is -0.369 e. The molecule has 0 unspecified atom stereocenters. The zero-order chi connectivity index (χ0) is 21.5. The van der Waals surface area contributed by atoms with Crippen molar-refractivity contribution in [3.05, 3.63) is 65.2 Å². The first-order valence-electron chi connectivity index (χ1n) is 9.96. The number of nitrogens with zero attached hydrogens (tertiary/aromatic N) is 2. The summed E-state index contributed by atoms with van der Waals surface area (Å²) in [7, 11) is 0. The summed E-state index contributed by atoms with van der Waals surface area (Å²) in [5, 5.41) is 5.09. The molecule has 0 spiro atoms. The quantitative estimate of drug-likeness (QED) is 0.724. The molecule has 0 aliphatic carbocycles. The molecule has 1 saturated heterocycles. The number of aryl methyl sites for hydroxylation is 1. The van der Waals surface area contributed by atoms with Gasteiger partial charge in [-0.15, -0.1) is 0 Å². The van der Waals surface area contributed by atoms with Crippen LogP contribution < -0.4 is 15.5 Å². The second kappa shape index (κ2) is 10.2. The third-order valence-corrected chi connectivity index (χ3v) is 5.07. The standard InChI is InChI=1S/C22H26F2N4O2/c1-16-3-2-4-18(13-16)28-11-9-27(10-12-28)8-7-25-21(29)15-26-22(30)19-6-5-17(23)14-20(19)24/h2-6,13-14H,7-12,15H2,1H3,(H,25,29)(H,26,30). The van der Waals surface area contributed by atoms with E-state index in [0.29, 0.717) is 19.2 Å². The van der Waals surface area contributed by atoms with E-state index in [1.54, 1.807) is 0 Å². The first-order chi connectivity index (χ1) is 14.4. The minimum atomic E-state index is -0.960. The van der Waals surface area contributed by atoms with Gasteiger partial charge < -0.3 is 15.5 Å². The monoisotopic (exact) mass is 416 g/mol. The predicted molar refractivity (Wildman–Crippen MR) is 112 cm³/mol. The lowest BCUT2D eigenvalue weighted by Crippen LogP contribution is -2.49. The van der Waals surface area contributed by atoms with Gasteiger partial charge in [0.15, 0.2) is 0 Å². The molecule has 30 heavy (non-hydrogen) atoms. The molecule has 0 radical (unpaired) electrons. The molecule has 8 heteroatoms. The lowest BCUT2D eigenvalue weighted by Gasteiger charge is -2.36. The van der Waals surface area contributed by atoms with Gasteiger partial charge in [-0.25, -0.2) is 8.78 Å². The highest BCUT2D eigenvalue weighted by Gasteiger charge is 2.17. The maximum absolute atomic E-state index is 13.6. The minimum absolute atomic E-state index is 0.267. The predicted octanol–water partition coefficient (Wildman–Crippen LogP) is 1.94. The molecule has 2 N–H and O–H groups in total. The normalized spacial score (nSPS) is 14.4. The first-order valence-corrected chi connectivity index (χ1v) is 9.96. The van der Waals surface area contributed by atoms with Gasteiger partial charge in [-0.05, 0) is 36.8 Å². The van der Waals surface area contributed by atoms with E-state index in [4.69, 9.17) is 0 Å². The summed E-state index contributed by atoms with van der Waals surface area (Å²) in [6.45, 7) is 6.66. The Morgan fingerprint density at radius 3 is 2.47 bits per heavy atom. The molecule has 2 aromatic carbocycles. The first kappa shape index (κ1) is 21.7. The second-order valence-corrected chi connectivity index (χ2v) is 7.32. The van der Waals surface area contributed by atoms with Crippen LogP contribution in [0.25, 0.3) is 0 Å². The zero-order valence-electron chi connectivity index (χ0n) is 17.0. The lowest BCUT2D eigenvalue weighted by atomic mass is 10.2. The summed E-state index contributed by atoms with van der Waals surface area (Å²) in [5.74, 6) is -2.83. The van der Waals surface area contributed by atoms with Gasteiger partial charge in [0.1, 0.15) is 11.6 Å². The fourth-order valence-electron chi connectivity index (χ4n) is 3.40. The van der Waals surface area contributed by atoms with Gasteiger partial charge in [-0.1, -0.05) is 12.1 Å². The maximum Gasteiger partial charge on any atom is 0.254 e. The average molecular weight is 416 g/mol. The van der Waals surface area contributed by atoms with Crippen molar-refractivity contribution >= 4 is 17.5 Å². The van der Waals surface area contributed by atoms with E-state index < -0.39 is 17.5 Å². The third kappa shape index (κ3) is 6.00. The van der Waals surface area contributed by atoms with Crippen molar-refractivity contribution < 1.29 is 18.4 Å². The van der Waals surface area contributed by atoms with Gasteiger partial charge in [0, 0.05) is 51.0 Å². The number of benzene rings is 2. The molecule has 2 aromatic rings. The summed E-state index contributed by atoms with van der Waals surface area (Å²) < 4.78 is 26.5. The van der Waals surface area contributed by atoms with E-state index in [1.807, 2.05) is 0 Å². The van der Waals surface area contributed by atoms with Gasteiger partial charge in [0.2, 0.25) is 5.91 Å². The van der Waals surface area contributed by atoms with Crippen LogP contribution in [0.5, 0.6) is 0 Å². The second-order valence-electron chi connectivity index (χ2n) is 7.32. The molecular weight excluding hydrogens is 390 g/mol. The number of carbonyl (C=O) groups is 2. The molecule has 1 heterocycles. The fourth-order valence-corrected chi connectivity index (χ4v) is 3.40. The molecule has 0 saturated carbocycles. The van der Waals surface area contributed by atoms with Crippen LogP contribution in [0.2, 0.25) is 0 Å². The van der Waals surface area contributed by atoms with E-state index in [2.05, 4.69) is 51.6 Å². The molecule has 1 fully saturated rings. The zero-order valence-corrected chi connectivity index (χ0v) is 17.0. The van der Waals surface area contributed by atoms with Crippen LogP contribution >= 0.6 is 0 Å². The largest absolute Gasteiger partial charge is 0.369 e. The number of hydrogen-bond donors (Lipinski definition) is 2. The summed E-state index contributed by atoms with van der Waals surface area (Å²) in [5.41, 5.74) is 2.18. The van der Waals surface area contributed by atoms with Crippen LogP contribution in [0.15, 0.2) is 42.5 Å². The van der Waals surface area contributed by atoms with E-state index in [-0.39, 0.29) is 18.0 Å². The Morgan fingerprint density at radius 2 is 1.77 bits per heavy atom. The molecule has 0 aromatic heterocycles. The van der Waals surface area contributed by atoms with Crippen LogP contribution in [-0.2, 0) is 4.79 Å². The highest BCUT2D eigenvalue weighted by molar-refractivity contribution is 5.96. The molecule has 1 aliphatic heterocycles. The van der Waals surface area contributed by atoms with Crippen molar-refractivity contribution in [3.8, 4) is 0 Å². The van der Waals surface area contributed by atoms with Gasteiger partial charge >= 0.3 is 0 Å². The van der Waals surface area contributed by atoms with Crippen LogP contribution in [0.1, 0.15) is 15.9 Å². The van der Waals surface area contributed by atoms with E-state index in [1.165, 1.54) is 11.3 Å². The summed E-state index contributed by atoms with van der Waals surface area (Å²) >= 11 is 0. The summed E-state index contributed by atoms with van der Waals surface area (Å²) in [6.07, 6.45) is 0. The topological polar surface area (TPSA) is 64.7 Å². The molecule has 160 valence electrons. The number of nitrogens with one attached hydrogen (secondary N) is 2. The van der Waals surface area contributed by atoms with Gasteiger partial charge in [0.25, 0.3) is 5.91 Å². The lowest BCUT2D eigenvalue weighted by molar-refractivity contribution is -0.120. The SMILES string of the molecule is Cc1cccc(N2CCN(CCNC(=O)CNC(=O)c3ccc(F)cc3F)CC2)c1. The maximum atomic E-state index is 13.6. The Bertz CT molecular complexity index is 898. The van der Waals surface area contributed by atoms with Crippen molar-refractivity contribution in [1.82, 2.24) is 15.5 Å². The number of halogens is 2. The number of hydrogen-bond acceptors (Lipinski definition) is 4. The Labute approximate surface area is 174 Å². The molecule has 2 amide bonds. The molecule has 0 bridgehead atoms. The van der Waals surface area contributed by atoms with Crippen LogP contribution in [-0.4, -0.2) is 62.5 Å². The van der Waals surface area contributed by atoms with Crippen LogP contribution in [0, 0.1) is 18.6 Å². The number of anilines is 1. The molecule has 6 nitrogen and oxygen atoms in total. The Balaban J connectivity index is 1.33. The Hall–Kier alpha value is -3.00. The van der Waals surface area contributed by atoms with Gasteiger partial charge in [0.05, 0.1) is 12.1 Å². The van der Waals surface area contributed by atoms with Crippen molar-refractivity contribution in [2.24, 2.45) is 0 Å². The van der Waals surface area contributed by atoms with Crippen LogP contribution in [0.3, 0.4) is 0 Å². The molecular formula is C22H26F2N4O2. The molecule has 3 rings (SSSR count). The Morgan fingerprint density at radius 1 is 1.00 bits per heavy atom. The highest BCUT2D eigenvalue weighted by atomic mass is 19.1. The highest BCUT2D eigenvalue weighted by Crippen LogP contribution is 2.17. The van der Waals surface area contributed by atoms with Crippen molar-refractivity contribution in [2.75, 3.05) is 50.7 Å². The van der Waals surface area contributed by atoms with E-state index >= 15 is 0 Å². The van der Waals surface area contributed by atoms with Crippen molar-refractivity contribution in [2.45, 2.75) is 6.92 Å². The van der Waals surface area contributed by atoms with Crippen molar-refractivity contribution in [1.29, 1.82) is 0 Å². The number of carbonyl (C=O) groups excluding carboxylic acids is 2. The summed E-state index contributed by atoms with van der Waals surface area (Å²) in [4.78, 5) is 28.5. The Kier molecular flexibility index (Phi) is 7.35. The van der Waals surface area contributed by atoms with E-state index in [9.17, 15) is 18.4 Å². The molecule has 1 aliphatic rings. The molecule has 0 atom stereocenters. The summed E-state index contributed by atoms with van der Waals surface area (Å²) in [6, 6.07) is 11.1. The van der Waals surface area contributed by atoms with Crippen molar-refractivity contribution in [3.63, 3.8) is 0 Å².